The highest BCUT2D eigenvalue weighted by Gasteiger charge is 2.28. The number of hydrogen-bond acceptors (Lipinski definition) is 6. The van der Waals surface area contributed by atoms with Crippen molar-refractivity contribution >= 4 is 16.1 Å². The van der Waals surface area contributed by atoms with E-state index in [1.165, 1.54) is 24.3 Å². The maximum absolute atomic E-state index is 12.1. The normalized spacial score (nSPS) is 15.3. The topological polar surface area (TPSA) is 78.9 Å². The Morgan fingerprint density at radius 1 is 1.26 bits per heavy atom. The molecule has 1 aromatic rings. The van der Waals surface area contributed by atoms with Crippen molar-refractivity contribution in [2.45, 2.75) is 24.7 Å². The molecule has 0 atom stereocenters. The molecule has 6 nitrogen and oxygen atoms in total. The summed E-state index contributed by atoms with van der Waals surface area (Å²) in [5.41, 5.74) is 0. The van der Waals surface area contributed by atoms with Crippen molar-refractivity contribution in [2.75, 3.05) is 19.8 Å². The summed E-state index contributed by atoms with van der Waals surface area (Å²) in [6.07, 6.45) is 0.944. The molecule has 1 aliphatic rings. The fraction of sp³-hybridized carbons (Fsp3) is 0.438. The van der Waals surface area contributed by atoms with E-state index >= 15 is 0 Å². The number of benzene rings is 1. The second kappa shape index (κ2) is 7.99. The molecule has 0 saturated carbocycles. The lowest BCUT2D eigenvalue weighted by atomic mass is 10.0. The number of carbonyl (C=O) groups is 1. The average Bonchev–Trinajstić information content (AvgIpc) is 2.56. The van der Waals surface area contributed by atoms with Gasteiger partial charge >= 0.3 is 16.1 Å². The second-order valence-corrected chi connectivity index (χ2v) is 6.48. The Hall–Kier alpha value is -2.04. The standard InChI is InChI=1S/C16H18O6S/c1-2-3-10-21-14-4-6-15(7-5-14)23(18,19)22-16(17)13-8-11-20-12-9-13/h4-7,13H,8-12H2,1H3. The average molecular weight is 338 g/mol. The summed E-state index contributed by atoms with van der Waals surface area (Å²) in [6, 6.07) is 5.65. The van der Waals surface area contributed by atoms with Crippen LogP contribution in [0.4, 0.5) is 0 Å². The highest BCUT2D eigenvalue weighted by Crippen LogP contribution is 2.22. The molecule has 124 valence electrons. The van der Waals surface area contributed by atoms with Crippen molar-refractivity contribution < 1.29 is 26.9 Å². The van der Waals surface area contributed by atoms with Gasteiger partial charge < -0.3 is 13.7 Å². The van der Waals surface area contributed by atoms with E-state index in [1.54, 1.807) is 6.92 Å². The van der Waals surface area contributed by atoms with Crippen LogP contribution < -0.4 is 4.74 Å². The maximum atomic E-state index is 12.1. The molecular formula is C16H18O6S. The number of rotatable bonds is 5. The van der Waals surface area contributed by atoms with Gasteiger partial charge in [-0.2, -0.15) is 8.42 Å². The van der Waals surface area contributed by atoms with Gasteiger partial charge in [0.25, 0.3) is 0 Å². The molecule has 1 fully saturated rings. The van der Waals surface area contributed by atoms with Gasteiger partial charge in [0.05, 0.1) is 5.92 Å². The van der Waals surface area contributed by atoms with Gasteiger partial charge in [-0.1, -0.05) is 5.92 Å². The molecule has 0 bridgehead atoms. The van der Waals surface area contributed by atoms with Crippen molar-refractivity contribution in [3.05, 3.63) is 24.3 Å². The molecule has 1 aliphatic heterocycles. The SMILES string of the molecule is CC#CCOc1ccc(S(=O)(=O)OC(=O)C2CCOCC2)cc1. The first-order chi connectivity index (χ1) is 11.0. The lowest BCUT2D eigenvalue weighted by molar-refractivity contribution is -0.141. The van der Waals surface area contributed by atoms with Gasteiger partial charge in [-0.05, 0) is 44.0 Å². The quantitative estimate of drug-likeness (QED) is 0.601. The summed E-state index contributed by atoms with van der Waals surface area (Å²) in [5, 5.41) is 0. The largest absolute Gasteiger partial charge is 0.481 e. The summed E-state index contributed by atoms with van der Waals surface area (Å²) in [4.78, 5) is 11.8. The summed E-state index contributed by atoms with van der Waals surface area (Å²) < 4.78 is 39.4. The van der Waals surface area contributed by atoms with Crippen LogP contribution in [0.25, 0.3) is 0 Å². The minimum atomic E-state index is -4.12. The zero-order valence-corrected chi connectivity index (χ0v) is 13.6. The van der Waals surface area contributed by atoms with Crippen LogP contribution in [0.15, 0.2) is 29.2 Å². The molecule has 0 radical (unpaired) electrons. The van der Waals surface area contributed by atoms with Crippen molar-refractivity contribution in [2.24, 2.45) is 5.92 Å². The van der Waals surface area contributed by atoms with Gasteiger partial charge in [-0.25, -0.2) is 0 Å². The van der Waals surface area contributed by atoms with Gasteiger partial charge in [-0.15, -0.1) is 5.92 Å². The van der Waals surface area contributed by atoms with Crippen LogP contribution in [0.5, 0.6) is 5.75 Å². The first-order valence-corrected chi connectivity index (χ1v) is 8.62. The van der Waals surface area contributed by atoms with Crippen LogP contribution in [0.3, 0.4) is 0 Å². The Balaban J connectivity index is 2.00. The first-order valence-electron chi connectivity index (χ1n) is 7.21. The Morgan fingerprint density at radius 3 is 2.52 bits per heavy atom. The Kier molecular flexibility index (Phi) is 6.02. The molecule has 2 rings (SSSR count). The highest BCUT2D eigenvalue weighted by atomic mass is 32.2. The van der Waals surface area contributed by atoms with Gasteiger partial charge in [0, 0.05) is 13.2 Å². The molecular weight excluding hydrogens is 320 g/mol. The van der Waals surface area contributed by atoms with E-state index in [-0.39, 0.29) is 11.5 Å². The summed E-state index contributed by atoms with van der Waals surface area (Å²) in [5.74, 6) is 4.75. The van der Waals surface area contributed by atoms with Gasteiger partial charge in [0.1, 0.15) is 17.3 Å². The van der Waals surface area contributed by atoms with E-state index < -0.39 is 22.0 Å². The van der Waals surface area contributed by atoms with Crippen molar-refractivity contribution in [3.63, 3.8) is 0 Å². The smallest absolute Gasteiger partial charge is 0.341 e. The van der Waals surface area contributed by atoms with E-state index in [4.69, 9.17) is 13.7 Å². The van der Waals surface area contributed by atoms with E-state index in [0.717, 1.165) is 0 Å². The van der Waals surface area contributed by atoms with Gasteiger partial charge in [0.2, 0.25) is 0 Å². The van der Waals surface area contributed by atoms with Gasteiger partial charge in [0.15, 0.2) is 0 Å². The predicted molar refractivity (Wildman–Crippen MR) is 82.2 cm³/mol. The van der Waals surface area contributed by atoms with E-state index in [2.05, 4.69) is 11.8 Å². The van der Waals surface area contributed by atoms with Crippen LogP contribution in [-0.4, -0.2) is 34.2 Å². The predicted octanol–water partition coefficient (Wildman–Crippen LogP) is 1.75. The van der Waals surface area contributed by atoms with Crippen molar-refractivity contribution in [1.29, 1.82) is 0 Å². The number of ether oxygens (including phenoxy) is 2. The molecule has 23 heavy (non-hydrogen) atoms. The fourth-order valence-electron chi connectivity index (χ4n) is 2.05. The summed E-state index contributed by atoms with van der Waals surface area (Å²) in [6.45, 7) is 2.80. The molecule has 1 saturated heterocycles. The van der Waals surface area contributed by atoms with Crippen molar-refractivity contribution in [3.8, 4) is 17.6 Å². The van der Waals surface area contributed by atoms with E-state index in [1.807, 2.05) is 0 Å². The van der Waals surface area contributed by atoms with Crippen molar-refractivity contribution in [1.82, 2.24) is 0 Å². The Morgan fingerprint density at radius 2 is 1.91 bits per heavy atom. The van der Waals surface area contributed by atoms with Crippen LogP contribution >= 0.6 is 0 Å². The molecule has 0 amide bonds. The molecule has 0 unspecified atom stereocenters. The number of carbonyl (C=O) groups excluding carboxylic acids is 1. The molecule has 7 heteroatoms. The fourth-order valence-corrected chi connectivity index (χ4v) is 2.97. The lowest BCUT2D eigenvalue weighted by Crippen LogP contribution is -2.27. The van der Waals surface area contributed by atoms with Gasteiger partial charge in [-0.3, -0.25) is 4.79 Å². The Bertz CT molecular complexity index is 690. The molecule has 0 aromatic heterocycles. The molecule has 0 N–H and O–H groups in total. The second-order valence-electron chi connectivity index (χ2n) is 4.93. The molecule has 0 aliphatic carbocycles. The summed E-state index contributed by atoms with van der Waals surface area (Å²) >= 11 is 0. The van der Waals surface area contributed by atoms with Crippen LogP contribution in [0.1, 0.15) is 19.8 Å². The molecule has 0 spiro atoms. The number of hydrogen-bond donors (Lipinski definition) is 0. The zero-order valence-electron chi connectivity index (χ0n) is 12.8. The minimum Gasteiger partial charge on any atom is -0.481 e. The Labute approximate surface area is 135 Å². The third kappa shape index (κ3) is 4.98. The van der Waals surface area contributed by atoms with Crippen LogP contribution in [-0.2, 0) is 23.8 Å². The van der Waals surface area contributed by atoms with Crippen LogP contribution in [0.2, 0.25) is 0 Å². The van der Waals surface area contributed by atoms with Crippen LogP contribution in [0, 0.1) is 17.8 Å². The lowest BCUT2D eigenvalue weighted by Gasteiger charge is -2.20. The maximum Gasteiger partial charge on any atom is 0.341 e. The zero-order chi connectivity index (χ0) is 16.7. The first kappa shape index (κ1) is 17.3. The molecule has 1 aromatic carbocycles. The monoisotopic (exact) mass is 338 g/mol. The minimum absolute atomic E-state index is 0.0909. The van der Waals surface area contributed by atoms with E-state index in [9.17, 15) is 13.2 Å². The van der Waals surface area contributed by atoms with E-state index in [0.29, 0.717) is 31.8 Å². The third-order valence-corrected chi connectivity index (χ3v) is 4.58. The molecule has 1 heterocycles. The summed E-state index contributed by atoms with van der Waals surface area (Å²) in [7, 11) is -4.12. The third-order valence-electron chi connectivity index (χ3n) is 3.35. The highest BCUT2D eigenvalue weighted by molar-refractivity contribution is 7.87.